The monoisotopic (exact) mass is 438 g/mol. The van der Waals surface area contributed by atoms with Crippen molar-refractivity contribution in [1.82, 2.24) is 0 Å². The zero-order valence-corrected chi connectivity index (χ0v) is 14.7. The van der Waals surface area contributed by atoms with Gasteiger partial charge in [-0.1, -0.05) is 39.5 Å². The molecule has 0 unspecified atom stereocenters. The number of carbonyl (C=O) groups excluding carboxylic acids is 2. The van der Waals surface area contributed by atoms with Gasteiger partial charge in [0.15, 0.2) is 0 Å². The molecule has 0 aliphatic carbocycles. The Kier molecular flexibility index (Phi) is 23.7. The Labute approximate surface area is 124 Å². The van der Waals surface area contributed by atoms with Crippen LogP contribution < -0.4 is 10.2 Å². The quantitative estimate of drug-likeness (QED) is 0.403. The molecule has 0 aromatic carbocycles. The third kappa shape index (κ3) is 31.3. The van der Waals surface area contributed by atoms with Gasteiger partial charge in [0.2, 0.25) is 0 Å². The van der Waals surface area contributed by atoms with Gasteiger partial charge in [-0.15, -0.1) is 0 Å². The molecule has 0 aromatic heterocycles. The molecule has 4 radical (unpaired) electrons. The molecular weight excluding hydrogens is 415 g/mol. The van der Waals surface area contributed by atoms with Gasteiger partial charge in [0, 0.05) is 39.2 Å². The van der Waals surface area contributed by atoms with Crippen molar-refractivity contribution in [3.05, 3.63) is 0 Å². The Morgan fingerprint density at radius 1 is 0.765 bits per heavy atom. The maximum absolute atomic E-state index is 9.76. The summed E-state index contributed by atoms with van der Waals surface area (Å²) >= 11 is 0. The van der Waals surface area contributed by atoms with Crippen LogP contribution in [0.15, 0.2) is 0 Å². The van der Waals surface area contributed by atoms with Crippen molar-refractivity contribution >= 4 is 39.2 Å². The second-order valence-electron chi connectivity index (χ2n) is 3.66. The van der Waals surface area contributed by atoms with Gasteiger partial charge < -0.3 is 19.8 Å². The van der Waals surface area contributed by atoms with Gasteiger partial charge >= 0.3 is 0 Å². The molecule has 0 saturated carbocycles. The first-order valence-corrected chi connectivity index (χ1v) is 5.94. The number of unbranched alkanes of at least 4 members (excludes halogenated alkanes) is 4. The molecule has 0 rings (SSSR count). The van der Waals surface area contributed by atoms with Crippen molar-refractivity contribution in [1.29, 1.82) is 0 Å². The van der Waals surface area contributed by atoms with E-state index in [0.29, 0.717) is 0 Å². The Bertz CT molecular complexity index is 163. The summed E-state index contributed by atoms with van der Waals surface area (Å²) in [6, 6.07) is 0. The van der Waals surface area contributed by atoms with E-state index >= 15 is 0 Å². The Morgan fingerprint density at radius 2 is 1.06 bits per heavy atom. The zero-order valence-electron chi connectivity index (χ0n) is 10.8. The Morgan fingerprint density at radius 3 is 1.24 bits per heavy atom. The minimum Gasteiger partial charge on any atom is -0.550 e. The summed E-state index contributed by atoms with van der Waals surface area (Å²) < 4.78 is 0. The van der Waals surface area contributed by atoms with Crippen LogP contribution in [0.5, 0.6) is 0 Å². The second-order valence-corrected chi connectivity index (χ2v) is 3.66. The predicted octanol–water partition coefficient (Wildman–Crippen LogP) is 0.252. The fourth-order valence-electron chi connectivity index (χ4n) is 1.04. The van der Waals surface area contributed by atoms with E-state index in [1.165, 1.54) is 0 Å². The molecule has 0 amide bonds. The molecule has 0 bridgehead atoms. The normalized spacial score (nSPS) is 8.59. The number of carboxylic acids is 2. The number of carboxylic acid groups (broad SMARTS) is 2. The maximum atomic E-state index is 9.76. The first-order valence-electron chi connectivity index (χ1n) is 5.94. The topological polar surface area (TPSA) is 80.3 Å². The third-order valence-corrected chi connectivity index (χ3v) is 1.97. The van der Waals surface area contributed by atoms with Crippen LogP contribution in [0.2, 0.25) is 0 Å². The Balaban J connectivity index is -0.000000218. The van der Waals surface area contributed by atoms with E-state index < -0.39 is 11.9 Å². The molecule has 0 fully saturated rings. The van der Waals surface area contributed by atoms with Crippen molar-refractivity contribution in [3.8, 4) is 0 Å². The molecule has 5 heteroatoms. The summed E-state index contributed by atoms with van der Waals surface area (Å²) in [6.45, 7) is 4.07. The molecule has 0 aliphatic heterocycles. The van der Waals surface area contributed by atoms with Gasteiger partial charge in [-0.25, -0.2) is 0 Å². The summed E-state index contributed by atoms with van der Waals surface area (Å²) in [6.07, 6.45) is 6.07. The van der Waals surface area contributed by atoms with Crippen LogP contribution >= 0.6 is 0 Å². The fourth-order valence-corrected chi connectivity index (χ4v) is 1.04. The largest absolute Gasteiger partial charge is 0.550 e. The van der Waals surface area contributed by atoms with Gasteiger partial charge in [-0.05, 0) is 25.7 Å². The molecule has 0 aliphatic rings. The van der Waals surface area contributed by atoms with E-state index in [2.05, 4.69) is 0 Å². The van der Waals surface area contributed by atoms with Crippen LogP contribution in [0.25, 0.3) is 0 Å². The molecule has 0 saturated heterocycles. The van der Waals surface area contributed by atoms with E-state index in [1.807, 2.05) is 13.8 Å². The number of hydrogen-bond donors (Lipinski definition) is 0. The number of rotatable bonds is 8. The van der Waals surface area contributed by atoms with E-state index in [-0.39, 0.29) is 40.1 Å². The van der Waals surface area contributed by atoms with Crippen molar-refractivity contribution in [2.24, 2.45) is 0 Å². The van der Waals surface area contributed by atoms with Gasteiger partial charge in [0.1, 0.15) is 0 Å². The predicted molar refractivity (Wildman–Crippen MR) is 64.1 cm³/mol. The van der Waals surface area contributed by atoms with Crippen LogP contribution in [0.4, 0.5) is 0 Å². The average molecular weight is 438 g/mol. The van der Waals surface area contributed by atoms with Gasteiger partial charge in [0.05, 0.1) is 0 Å². The number of aliphatic carboxylic acids is 2. The summed E-state index contributed by atoms with van der Waals surface area (Å²) in [5.41, 5.74) is 0. The summed E-state index contributed by atoms with van der Waals surface area (Å²) in [5, 5.41) is 19.5. The molecule has 0 N–H and O–H groups in total. The summed E-state index contributed by atoms with van der Waals surface area (Å²) in [4.78, 5) is 19.5. The minimum absolute atomic E-state index is 0. The number of hydrogen-bond acceptors (Lipinski definition) is 4. The van der Waals surface area contributed by atoms with Gasteiger partial charge in [0.25, 0.3) is 0 Å². The molecule has 0 spiro atoms. The van der Waals surface area contributed by atoms with Crippen LogP contribution in [0.3, 0.4) is 0 Å². The van der Waals surface area contributed by atoms with Gasteiger partial charge in [-0.3, -0.25) is 0 Å². The average Bonchev–Trinajstić information content (AvgIpc) is 2.18. The Hall–Kier alpha value is -0.138. The van der Waals surface area contributed by atoms with Crippen LogP contribution in [-0.2, 0) is 9.59 Å². The number of carbonyl (C=O) groups is 2. The molecule has 17 heavy (non-hydrogen) atoms. The van der Waals surface area contributed by atoms with Crippen molar-refractivity contribution < 1.29 is 19.8 Å². The fraction of sp³-hybridized carbons (Fsp3) is 0.833. The maximum Gasteiger partial charge on any atom is 0.0414 e. The molecule has 0 heterocycles. The summed E-state index contributed by atoms with van der Waals surface area (Å²) in [5.74, 6) is -1.86. The van der Waals surface area contributed by atoms with Crippen LogP contribution in [-0.4, -0.2) is 39.2 Å². The van der Waals surface area contributed by atoms with Crippen LogP contribution in [0, 0.1) is 0 Å². The first-order chi connectivity index (χ1) is 7.54. The molecule has 0 aromatic rings. The SMILES string of the molecule is CCCCCC(=O)[O-].CCCCCC(=O)[O-].[Pb]. The van der Waals surface area contributed by atoms with E-state index in [1.54, 1.807) is 0 Å². The van der Waals surface area contributed by atoms with E-state index in [9.17, 15) is 19.8 Å². The van der Waals surface area contributed by atoms with Crippen molar-refractivity contribution in [3.63, 3.8) is 0 Å². The smallest absolute Gasteiger partial charge is 0.0414 e. The van der Waals surface area contributed by atoms with Crippen molar-refractivity contribution in [2.75, 3.05) is 0 Å². The second kappa shape index (κ2) is 18.2. The minimum atomic E-state index is -0.932. The first kappa shape index (κ1) is 22.1. The standard InChI is InChI=1S/2C6H12O2.Pb/c2*1-2-3-4-5-6(7)8;/h2*2-5H2,1H3,(H,7,8);/p-2. The summed E-state index contributed by atoms with van der Waals surface area (Å²) in [7, 11) is 0. The van der Waals surface area contributed by atoms with Crippen LogP contribution in [0.1, 0.15) is 65.2 Å². The zero-order chi connectivity index (χ0) is 12.8. The van der Waals surface area contributed by atoms with E-state index in [4.69, 9.17) is 0 Å². The van der Waals surface area contributed by atoms with E-state index in [0.717, 1.165) is 38.5 Å². The van der Waals surface area contributed by atoms with Crippen molar-refractivity contribution in [2.45, 2.75) is 65.2 Å². The third-order valence-electron chi connectivity index (χ3n) is 1.97. The molecule has 0 atom stereocenters. The van der Waals surface area contributed by atoms with Gasteiger partial charge in [-0.2, -0.15) is 0 Å². The molecule has 4 nitrogen and oxygen atoms in total. The molecular formula is C12H22O4Pb-2. The molecule has 100 valence electrons.